The first-order valence-electron chi connectivity index (χ1n) is 11.5. The molecule has 0 spiro atoms. The molecule has 0 radical (unpaired) electrons. The number of nitrogens with one attached hydrogen (secondary N) is 1. The standard InChI is InChI=1S/C25H36N4O2/c1-20(30)24(26)14-17-29(18-19-31-23-10-3-2-4-11-23)16-6-5-9-22-13-12-21-8-7-15-27-25(21)28-22/h2-4,10-13,24H,5-9,14-19,26H2,1H3,(H,27,28)/t24-/m0/s1. The second-order valence-electron chi connectivity index (χ2n) is 8.31. The Hall–Kier alpha value is -2.44. The van der Waals surface area contributed by atoms with Gasteiger partial charge in [0.1, 0.15) is 24.0 Å². The van der Waals surface area contributed by atoms with Crippen molar-refractivity contribution >= 4 is 11.6 Å². The van der Waals surface area contributed by atoms with Gasteiger partial charge in [-0.1, -0.05) is 24.3 Å². The van der Waals surface area contributed by atoms with Crippen molar-refractivity contribution in [2.75, 3.05) is 38.1 Å². The summed E-state index contributed by atoms with van der Waals surface area (Å²) in [6.07, 6.45) is 6.13. The molecular weight excluding hydrogens is 388 g/mol. The molecule has 1 aliphatic rings. The number of pyridine rings is 1. The van der Waals surface area contributed by atoms with E-state index in [-0.39, 0.29) is 11.8 Å². The highest BCUT2D eigenvalue weighted by atomic mass is 16.5. The topological polar surface area (TPSA) is 80.5 Å². The number of nitrogens with zero attached hydrogens (tertiary/aromatic N) is 2. The molecule has 168 valence electrons. The summed E-state index contributed by atoms with van der Waals surface area (Å²) in [7, 11) is 0. The van der Waals surface area contributed by atoms with Crippen molar-refractivity contribution in [3.8, 4) is 5.75 Å². The molecule has 1 atom stereocenters. The number of fused-ring (bicyclic) bond motifs is 1. The second-order valence-corrected chi connectivity index (χ2v) is 8.31. The molecule has 1 aromatic carbocycles. The predicted molar refractivity (Wildman–Crippen MR) is 126 cm³/mol. The lowest BCUT2D eigenvalue weighted by molar-refractivity contribution is -0.118. The molecule has 0 saturated carbocycles. The van der Waals surface area contributed by atoms with Crippen LogP contribution in [0.1, 0.15) is 43.9 Å². The zero-order chi connectivity index (χ0) is 21.9. The van der Waals surface area contributed by atoms with Gasteiger partial charge in [0.15, 0.2) is 0 Å². The van der Waals surface area contributed by atoms with Gasteiger partial charge in [0.05, 0.1) is 6.04 Å². The number of ketones is 1. The highest BCUT2D eigenvalue weighted by Gasteiger charge is 2.13. The average Bonchev–Trinajstić information content (AvgIpc) is 2.80. The minimum absolute atomic E-state index is 0.0487. The SMILES string of the molecule is CC(=O)[C@@H](N)CCN(CCCCc1ccc2c(n1)NCCC2)CCOc1ccccc1. The summed E-state index contributed by atoms with van der Waals surface area (Å²) in [4.78, 5) is 18.6. The fourth-order valence-corrected chi connectivity index (χ4v) is 3.82. The molecule has 2 heterocycles. The summed E-state index contributed by atoms with van der Waals surface area (Å²) in [6, 6.07) is 13.9. The smallest absolute Gasteiger partial charge is 0.146 e. The zero-order valence-electron chi connectivity index (χ0n) is 18.7. The quantitative estimate of drug-likeness (QED) is 0.480. The number of rotatable bonds is 13. The van der Waals surface area contributed by atoms with Gasteiger partial charge in [0, 0.05) is 25.3 Å². The van der Waals surface area contributed by atoms with Gasteiger partial charge in [-0.05, 0) is 75.8 Å². The van der Waals surface area contributed by atoms with Crippen LogP contribution in [0.5, 0.6) is 5.75 Å². The van der Waals surface area contributed by atoms with Crippen molar-refractivity contribution in [3.63, 3.8) is 0 Å². The minimum atomic E-state index is -0.385. The number of aryl methyl sites for hydroxylation is 2. The predicted octanol–water partition coefficient (Wildman–Crippen LogP) is 3.45. The third-order valence-corrected chi connectivity index (χ3v) is 5.81. The molecule has 6 nitrogen and oxygen atoms in total. The van der Waals surface area contributed by atoms with Crippen LogP contribution >= 0.6 is 0 Å². The van der Waals surface area contributed by atoms with Gasteiger partial charge in [0.2, 0.25) is 0 Å². The monoisotopic (exact) mass is 424 g/mol. The molecule has 0 saturated heterocycles. The maximum atomic E-state index is 11.5. The number of nitrogens with two attached hydrogens (primary N) is 1. The van der Waals surface area contributed by atoms with E-state index in [2.05, 4.69) is 22.3 Å². The Kier molecular flexibility index (Phi) is 9.31. The fraction of sp³-hybridized carbons (Fsp3) is 0.520. The Balaban J connectivity index is 1.43. The van der Waals surface area contributed by atoms with Crippen LogP contribution in [0, 0.1) is 0 Å². The first-order valence-corrected chi connectivity index (χ1v) is 11.5. The van der Waals surface area contributed by atoms with Crippen LogP contribution in [0.2, 0.25) is 0 Å². The molecule has 0 fully saturated rings. The van der Waals surface area contributed by atoms with Crippen LogP contribution in [0.4, 0.5) is 5.82 Å². The molecule has 3 rings (SSSR count). The van der Waals surface area contributed by atoms with E-state index in [4.69, 9.17) is 15.5 Å². The summed E-state index contributed by atoms with van der Waals surface area (Å²) in [6.45, 7) is 5.80. The Morgan fingerprint density at radius 2 is 2.00 bits per heavy atom. The Bertz CT molecular complexity index is 812. The highest BCUT2D eigenvalue weighted by molar-refractivity contribution is 5.81. The third kappa shape index (κ3) is 7.96. The lowest BCUT2D eigenvalue weighted by Gasteiger charge is -2.23. The lowest BCUT2D eigenvalue weighted by Crippen LogP contribution is -2.36. The maximum absolute atomic E-state index is 11.5. The number of aromatic nitrogens is 1. The van der Waals surface area contributed by atoms with Gasteiger partial charge < -0.3 is 15.8 Å². The van der Waals surface area contributed by atoms with E-state index in [1.165, 1.54) is 12.0 Å². The minimum Gasteiger partial charge on any atom is -0.492 e. The number of hydrogen-bond donors (Lipinski definition) is 2. The molecule has 0 unspecified atom stereocenters. The number of para-hydroxylation sites is 1. The number of benzene rings is 1. The van der Waals surface area contributed by atoms with Crippen molar-refractivity contribution in [2.24, 2.45) is 5.73 Å². The Labute approximate surface area is 186 Å². The molecule has 31 heavy (non-hydrogen) atoms. The van der Waals surface area contributed by atoms with Crippen molar-refractivity contribution in [3.05, 3.63) is 53.7 Å². The van der Waals surface area contributed by atoms with Crippen molar-refractivity contribution < 1.29 is 9.53 Å². The number of carbonyl (C=O) groups is 1. The van der Waals surface area contributed by atoms with Crippen molar-refractivity contribution in [1.29, 1.82) is 0 Å². The molecule has 2 aromatic rings. The van der Waals surface area contributed by atoms with Gasteiger partial charge in [-0.15, -0.1) is 0 Å². The van der Waals surface area contributed by atoms with Gasteiger partial charge in [0.25, 0.3) is 0 Å². The molecule has 1 aromatic heterocycles. The van der Waals surface area contributed by atoms with E-state index in [0.717, 1.165) is 69.1 Å². The number of carbonyl (C=O) groups excluding carboxylic acids is 1. The Morgan fingerprint density at radius 1 is 1.16 bits per heavy atom. The number of unbranched alkanes of at least 4 members (excludes halogenated alkanes) is 1. The number of ether oxygens (including phenoxy) is 1. The van der Waals surface area contributed by atoms with Crippen LogP contribution in [-0.2, 0) is 17.6 Å². The van der Waals surface area contributed by atoms with Gasteiger partial charge in [-0.3, -0.25) is 9.69 Å². The second kappa shape index (κ2) is 12.4. The summed E-state index contributed by atoms with van der Waals surface area (Å²) in [5, 5.41) is 3.41. The van der Waals surface area contributed by atoms with E-state index in [1.807, 2.05) is 30.3 Å². The molecule has 3 N–H and O–H groups in total. The van der Waals surface area contributed by atoms with Crippen LogP contribution in [0.25, 0.3) is 0 Å². The summed E-state index contributed by atoms with van der Waals surface area (Å²) < 4.78 is 5.86. The van der Waals surface area contributed by atoms with Crippen molar-refractivity contribution in [2.45, 2.75) is 51.5 Å². The molecule has 1 aliphatic heterocycles. The average molecular weight is 425 g/mol. The third-order valence-electron chi connectivity index (χ3n) is 5.81. The van der Waals surface area contributed by atoms with E-state index in [9.17, 15) is 4.79 Å². The lowest BCUT2D eigenvalue weighted by atomic mass is 10.1. The van der Waals surface area contributed by atoms with Crippen LogP contribution in [0.15, 0.2) is 42.5 Å². The molecule has 6 heteroatoms. The fourth-order valence-electron chi connectivity index (χ4n) is 3.82. The number of Topliss-reactive ketones (excluding diaryl/α,β-unsaturated/α-hetero) is 1. The molecule has 0 amide bonds. The van der Waals surface area contributed by atoms with Gasteiger partial charge in [-0.2, -0.15) is 0 Å². The first kappa shape index (κ1) is 23.2. The number of anilines is 1. The van der Waals surface area contributed by atoms with Gasteiger partial charge in [-0.25, -0.2) is 4.98 Å². The summed E-state index contributed by atoms with van der Waals surface area (Å²) in [5.41, 5.74) is 8.44. The van der Waals surface area contributed by atoms with Gasteiger partial charge >= 0.3 is 0 Å². The molecular formula is C25H36N4O2. The van der Waals surface area contributed by atoms with Crippen molar-refractivity contribution in [1.82, 2.24) is 9.88 Å². The zero-order valence-corrected chi connectivity index (χ0v) is 18.7. The van der Waals surface area contributed by atoms with Crippen LogP contribution < -0.4 is 15.8 Å². The summed E-state index contributed by atoms with van der Waals surface area (Å²) in [5.74, 6) is 2.00. The normalized spacial score (nSPS) is 14.0. The largest absolute Gasteiger partial charge is 0.492 e. The van der Waals surface area contributed by atoms with E-state index < -0.39 is 0 Å². The highest BCUT2D eigenvalue weighted by Crippen LogP contribution is 2.20. The molecule has 0 aliphatic carbocycles. The Morgan fingerprint density at radius 3 is 2.81 bits per heavy atom. The van der Waals surface area contributed by atoms with E-state index in [1.54, 1.807) is 6.92 Å². The number of hydrogen-bond acceptors (Lipinski definition) is 6. The first-order chi connectivity index (χ1) is 15.1. The molecule has 0 bridgehead atoms. The van der Waals surface area contributed by atoms with E-state index in [0.29, 0.717) is 13.0 Å². The van der Waals surface area contributed by atoms with Crippen LogP contribution in [-0.4, -0.2) is 54.5 Å². The van der Waals surface area contributed by atoms with E-state index >= 15 is 0 Å². The summed E-state index contributed by atoms with van der Waals surface area (Å²) >= 11 is 0. The van der Waals surface area contributed by atoms with Crippen LogP contribution in [0.3, 0.4) is 0 Å². The maximum Gasteiger partial charge on any atom is 0.146 e.